The molecule has 3 rings (SSSR count). The minimum atomic E-state index is -0.882. The third-order valence-corrected chi connectivity index (χ3v) is 4.88. The van der Waals surface area contributed by atoms with Crippen LogP contribution in [0.2, 0.25) is 0 Å². The smallest absolute Gasteiger partial charge is 0.322 e. The lowest BCUT2D eigenvalue weighted by Crippen LogP contribution is -2.50. The summed E-state index contributed by atoms with van der Waals surface area (Å²) in [5.41, 5.74) is -0.882. The molecule has 0 radical (unpaired) electrons. The van der Waals surface area contributed by atoms with Crippen molar-refractivity contribution in [2.24, 2.45) is 11.8 Å². The molecule has 20 heavy (non-hydrogen) atoms. The van der Waals surface area contributed by atoms with Crippen LogP contribution in [0.5, 0.6) is 0 Å². The zero-order valence-corrected chi connectivity index (χ0v) is 11.8. The van der Waals surface area contributed by atoms with Crippen LogP contribution in [0, 0.1) is 11.8 Å². The zero-order chi connectivity index (χ0) is 14.3. The molecular formula is C14H21N3O3. The molecule has 0 aromatic heterocycles. The highest BCUT2D eigenvalue weighted by Crippen LogP contribution is 2.32. The molecule has 0 aromatic carbocycles. The predicted octanol–water partition coefficient (Wildman–Crippen LogP) is 0.623. The van der Waals surface area contributed by atoms with Gasteiger partial charge in [-0.25, -0.2) is 4.79 Å². The average molecular weight is 279 g/mol. The topological polar surface area (TPSA) is 78.5 Å². The van der Waals surface area contributed by atoms with E-state index in [1.165, 1.54) is 6.42 Å². The molecule has 2 N–H and O–H groups in total. The molecule has 1 saturated carbocycles. The Morgan fingerprint density at radius 1 is 1.35 bits per heavy atom. The van der Waals surface area contributed by atoms with Gasteiger partial charge in [0, 0.05) is 12.5 Å². The molecular weight excluding hydrogens is 258 g/mol. The highest BCUT2D eigenvalue weighted by molar-refractivity contribution is 6.07. The van der Waals surface area contributed by atoms with Gasteiger partial charge in [0.1, 0.15) is 5.54 Å². The second-order valence-electron chi connectivity index (χ2n) is 6.47. The molecule has 3 aliphatic rings. The average Bonchev–Trinajstić information content (AvgIpc) is 2.94. The van der Waals surface area contributed by atoms with Crippen molar-refractivity contribution < 1.29 is 14.4 Å². The number of nitrogens with one attached hydrogen (secondary N) is 2. The van der Waals surface area contributed by atoms with Gasteiger partial charge in [-0.3, -0.25) is 14.9 Å². The summed E-state index contributed by atoms with van der Waals surface area (Å²) in [5.74, 6) is 0.551. The lowest BCUT2D eigenvalue weighted by Gasteiger charge is -2.30. The number of hydrogen-bond acceptors (Lipinski definition) is 3. The number of carbonyl (C=O) groups excluding carboxylic acids is 3. The number of imide groups is 1. The monoisotopic (exact) mass is 279 g/mol. The predicted molar refractivity (Wildman–Crippen MR) is 71.7 cm³/mol. The summed E-state index contributed by atoms with van der Waals surface area (Å²) in [7, 11) is 0. The number of nitrogens with zero attached hydrogens (tertiary/aromatic N) is 1. The summed E-state index contributed by atoms with van der Waals surface area (Å²) >= 11 is 0. The van der Waals surface area contributed by atoms with Gasteiger partial charge >= 0.3 is 6.03 Å². The largest absolute Gasteiger partial charge is 0.339 e. The summed E-state index contributed by atoms with van der Waals surface area (Å²) < 4.78 is 0. The van der Waals surface area contributed by atoms with E-state index in [9.17, 15) is 14.4 Å². The van der Waals surface area contributed by atoms with Crippen LogP contribution < -0.4 is 10.6 Å². The molecule has 4 amide bonds. The van der Waals surface area contributed by atoms with Crippen molar-refractivity contribution in [1.82, 2.24) is 15.5 Å². The van der Waals surface area contributed by atoms with Gasteiger partial charge in [0.25, 0.3) is 5.91 Å². The Balaban J connectivity index is 1.66. The molecule has 2 saturated heterocycles. The fraction of sp³-hybridized carbons (Fsp3) is 0.786. The number of likely N-dealkylation sites (tertiary alicyclic amines) is 1. The van der Waals surface area contributed by atoms with Crippen LogP contribution in [0.25, 0.3) is 0 Å². The number of urea groups is 1. The van der Waals surface area contributed by atoms with Crippen molar-refractivity contribution in [2.45, 2.75) is 44.6 Å². The molecule has 0 unspecified atom stereocenters. The van der Waals surface area contributed by atoms with Gasteiger partial charge < -0.3 is 10.2 Å². The van der Waals surface area contributed by atoms with Crippen molar-refractivity contribution in [2.75, 3.05) is 13.1 Å². The van der Waals surface area contributed by atoms with E-state index in [0.717, 1.165) is 19.3 Å². The Morgan fingerprint density at radius 3 is 2.80 bits per heavy atom. The number of carbonyl (C=O) groups is 3. The van der Waals surface area contributed by atoms with Gasteiger partial charge in [-0.1, -0.05) is 19.8 Å². The number of hydrogen-bond donors (Lipinski definition) is 2. The summed E-state index contributed by atoms with van der Waals surface area (Å²) in [4.78, 5) is 37.5. The molecule has 2 aliphatic heterocycles. The Kier molecular flexibility index (Phi) is 3.18. The van der Waals surface area contributed by atoms with Gasteiger partial charge in [-0.05, 0) is 25.2 Å². The van der Waals surface area contributed by atoms with E-state index >= 15 is 0 Å². The lowest BCUT2D eigenvalue weighted by molar-refractivity contribution is -0.136. The Bertz CT molecular complexity index is 465. The molecule has 1 spiro atoms. The number of amides is 4. The van der Waals surface area contributed by atoms with Crippen LogP contribution in [-0.2, 0) is 9.59 Å². The Hall–Kier alpha value is -1.59. The highest BCUT2D eigenvalue weighted by atomic mass is 16.2. The van der Waals surface area contributed by atoms with Gasteiger partial charge in [-0.2, -0.15) is 0 Å². The summed E-state index contributed by atoms with van der Waals surface area (Å²) in [5, 5.41) is 4.95. The molecule has 1 aliphatic carbocycles. The second-order valence-corrected chi connectivity index (χ2v) is 6.47. The first kappa shape index (κ1) is 13.4. The maximum Gasteiger partial charge on any atom is 0.322 e. The van der Waals surface area contributed by atoms with E-state index in [1.807, 2.05) is 0 Å². The fourth-order valence-electron chi connectivity index (χ4n) is 3.73. The van der Waals surface area contributed by atoms with Crippen molar-refractivity contribution in [3.05, 3.63) is 0 Å². The van der Waals surface area contributed by atoms with E-state index < -0.39 is 11.6 Å². The van der Waals surface area contributed by atoms with Crippen molar-refractivity contribution in [3.8, 4) is 0 Å². The Morgan fingerprint density at radius 2 is 2.15 bits per heavy atom. The minimum Gasteiger partial charge on any atom is -0.339 e. The SMILES string of the molecule is C[C@@H]1CCC[C@H](C(=O)N2CC[C@@]3(C2)NC(=O)NC3=O)C1. The molecule has 6 nitrogen and oxygen atoms in total. The van der Waals surface area contributed by atoms with Crippen molar-refractivity contribution >= 4 is 17.8 Å². The zero-order valence-electron chi connectivity index (χ0n) is 11.8. The summed E-state index contributed by atoms with van der Waals surface area (Å²) in [6.45, 7) is 3.06. The van der Waals surface area contributed by atoms with Gasteiger partial charge in [0.15, 0.2) is 0 Å². The highest BCUT2D eigenvalue weighted by Gasteiger charge is 2.52. The standard InChI is InChI=1S/C14H21N3O3/c1-9-3-2-4-10(7-9)11(18)17-6-5-14(8-17)12(19)15-13(20)16-14/h9-10H,2-8H2,1H3,(H2,15,16,19,20)/t9-,10+,14+/m1/s1. The molecule has 110 valence electrons. The van der Waals surface area contributed by atoms with Crippen LogP contribution in [0.4, 0.5) is 4.79 Å². The van der Waals surface area contributed by atoms with Gasteiger partial charge in [0.05, 0.1) is 6.54 Å². The minimum absolute atomic E-state index is 0.0917. The van der Waals surface area contributed by atoms with Crippen LogP contribution in [0.15, 0.2) is 0 Å². The van der Waals surface area contributed by atoms with Crippen LogP contribution >= 0.6 is 0 Å². The maximum atomic E-state index is 12.6. The van der Waals surface area contributed by atoms with Crippen LogP contribution in [0.1, 0.15) is 39.0 Å². The van der Waals surface area contributed by atoms with Crippen LogP contribution in [-0.4, -0.2) is 41.4 Å². The number of rotatable bonds is 1. The molecule has 3 atom stereocenters. The van der Waals surface area contributed by atoms with E-state index in [1.54, 1.807) is 4.90 Å². The van der Waals surface area contributed by atoms with E-state index in [2.05, 4.69) is 17.6 Å². The second kappa shape index (κ2) is 4.75. The molecule has 3 fully saturated rings. The van der Waals surface area contributed by atoms with E-state index in [0.29, 0.717) is 25.4 Å². The van der Waals surface area contributed by atoms with Gasteiger partial charge in [-0.15, -0.1) is 0 Å². The first-order chi connectivity index (χ1) is 9.50. The third-order valence-electron chi connectivity index (χ3n) is 4.88. The van der Waals surface area contributed by atoms with Gasteiger partial charge in [0.2, 0.25) is 5.91 Å². The normalized spacial score (nSPS) is 37.1. The molecule has 6 heteroatoms. The first-order valence-electron chi connectivity index (χ1n) is 7.42. The van der Waals surface area contributed by atoms with Crippen molar-refractivity contribution in [3.63, 3.8) is 0 Å². The lowest BCUT2D eigenvalue weighted by atomic mass is 9.82. The van der Waals surface area contributed by atoms with Crippen molar-refractivity contribution in [1.29, 1.82) is 0 Å². The molecule has 0 bridgehead atoms. The molecule has 0 aromatic rings. The summed E-state index contributed by atoms with van der Waals surface area (Å²) in [6, 6.07) is -0.449. The quantitative estimate of drug-likeness (QED) is 0.691. The van der Waals surface area contributed by atoms with E-state index in [4.69, 9.17) is 0 Å². The maximum absolute atomic E-state index is 12.6. The summed E-state index contributed by atoms with van der Waals surface area (Å²) in [6.07, 6.45) is 4.71. The first-order valence-corrected chi connectivity index (χ1v) is 7.42. The Labute approximate surface area is 118 Å². The van der Waals surface area contributed by atoms with E-state index in [-0.39, 0.29) is 17.7 Å². The third kappa shape index (κ3) is 2.17. The van der Waals surface area contributed by atoms with Crippen LogP contribution in [0.3, 0.4) is 0 Å². The molecule has 2 heterocycles. The fourth-order valence-corrected chi connectivity index (χ4v) is 3.73.